The molecule has 0 saturated carbocycles. The summed E-state index contributed by atoms with van der Waals surface area (Å²) in [5, 5.41) is 14.4. The van der Waals surface area contributed by atoms with Crippen molar-refractivity contribution in [1.82, 2.24) is 19.7 Å². The fraction of sp³-hybridized carbons (Fsp3) is 0.217. The first-order valence-electron chi connectivity index (χ1n) is 10.1. The number of rotatable bonds is 8. The molecule has 4 rings (SSSR count). The van der Waals surface area contributed by atoms with Crippen molar-refractivity contribution in [3.63, 3.8) is 0 Å². The molecule has 0 spiro atoms. The van der Waals surface area contributed by atoms with E-state index in [2.05, 4.69) is 20.5 Å². The van der Waals surface area contributed by atoms with Gasteiger partial charge in [-0.3, -0.25) is 9.36 Å². The summed E-state index contributed by atoms with van der Waals surface area (Å²) in [5.74, 6) is 2.14. The maximum atomic E-state index is 12.6. The number of amides is 1. The van der Waals surface area contributed by atoms with Crippen molar-refractivity contribution in [3.05, 3.63) is 59.2 Å². The number of ether oxygens (including phenoxy) is 2. The zero-order valence-corrected chi connectivity index (χ0v) is 20.3. The zero-order valence-electron chi connectivity index (χ0n) is 18.7. The number of nitrogens with one attached hydrogen (secondary N) is 1. The summed E-state index contributed by atoms with van der Waals surface area (Å²) in [7, 11) is 3.20. The van der Waals surface area contributed by atoms with Gasteiger partial charge in [0.1, 0.15) is 17.3 Å². The second-order valence-corrected chi connectivity index (χ2v) is 8.89. The predicted octanol–water partition coefficient (Wildman–Crippen LogP) is 4.76. The number of hydrogen-bond donors (Lipinski definition) is 1. The maximum absolute atomic E-state index is 12.6. The van der Waals surface area contributed by atoms with Crippen LogP contribution in [0.1, 0.15) is 11.4 Å². The second-order valence-electron chi connectivity index (χ2n) is 7.09. The maximum Gasteiger partial charge on any atom is 0.236 e. The molecule has 2 heterocycles. The number of carbonyl (C=O) groups is 1. The first-order chi connectivity index (χ1) is 16.0. The van der Waals surface area contributed by atoms with E-state index in [-0.39, 0.29) is 11.7 Å². The summed E-state index contributed by atoms with van der Waals surface area (Å²) in [4.78, 5) is 17.1. The lowest BCUT2D eigenvalue weighted by Crippen LogP contribution is -2.14. The molecular weight excluding hydrogens is 458 g/mol. The van der Waals surface area contributed by atoms with E-state index in [1.165, 1.54) is 23.1 Å². The Kier molecular flexibility index (Phi) is 6.95. The van der Waals surface area contributed by atoms with Gasteiger partial charge in [0.25, 0.3) is 0 Å². The number of aryl methyl sites for hydroxylation is 2. The van der Waals surface area contributed by atoms with Crippen molar-refractivity contribution in [3.8, 4) is 28.4 Å². The summed E-state index contributed by atoms with van der Waals surface area (Å²) in [6, 6.07) is 13.5. The standard InChI is InChI=1S/C23H23N5O3S2/c1-14-7-5-6-8-19(14)28-15(2)26-27-23(28)33-13-21(29)25-22-24-18(12-32-22)17-10-9-16(30-3)11-20(17)31-4/h5-12H,13H2,1-4H3,(H,24,25,29). The molecule has 4 aromatic rings. The first-order valence-corrected chi connectivity index (χ1v) is 11.9. The molecule has 0 fully saturated rings. The van der Waals surface area contributed by atoms with Crippen LogP contribution in [0.3, 0.4) is 0 Å². The molecule has 0 atom stereocenters. The fourth-order valence-corrected chi connectivity index (χ4v) is 4.80. The quantitative estimate of drug-likeness (QED) is 0.363. The Balaban J connectivity index is 1.44. The van der Waals surface area contributed by atoms with E-state index in [1.54, 1.807) is 20.3 Å². The van der Waals surface area contributed by atoms with Crippen molar-refractivity contribution < 1.29 is 14.3 Å². The van der Waals surface area contributed by atoms with Crippen molar-refractivity contribution in [2.24, 2.45) is 0 Å². The van der Waals surface area contributed by atoms with Gasteiger partial charge in [-0.25, -0.2) is 4.98 Å². The van der Waals surface area contributed by atoms with Gasteiger partial charge in [-0.2, -0.15) is 0 Å². The first kappa shape index (κ1) is 22.8. The number of methoxy groups -OCH3 is 2. The van der Waals surface area contributed by atoms with Gasteiger partial charge in [0.15, 0.2) is 10.3 Å². The third-order valence-electron chi connectivity index (χ3n) is 4.92. The van der Waals surface area contributed by atoms with E-state index >= 15 is 0 Å². The summed E-state index contributed by atoms with van der Waals surface area (Å²) in [6.07, 6.45) is 0. The van der Waals surface area contributed by atoms with E-state index in [9.17, 15) is 4.79 Å². The van der Waals surface area contributed by atoms with Crippen molar-refractivity contribution >= 4 is 34.1 Å². The molecule has 0 bridgehead atoms. The van der Waals surface area contributed by atoms with Crippen molar-refractivity contribution in [2.45, 2.75) is 19.0 Å². The zero-order chi connectivity index (χ0) is 23.4. The molecule has 8 nitrogen and oxygen atoms in total. The highest BCUT2D eigenvalue weighted by Gasteiger charge is 2.16. The highest BCUT2D eigenvalue weighted by atomic mass is 32.2. The number of carbonyl (C=O) groups excluding carboxylic acids is 1. The van der Waals surface area contributed by atoms with Crippen LogP contribution in [0.25, 0.3) is 16.9 Å². The molecule has 1 N–H and O–H groups in total. The molecule has 0 radical (unpaired) electrons. The lowest BCUT2D eigenvalue weighted by Gasteiger charge is -2.10. The van der Waals surface area contributed by atoms with E-state index in [1.807, 2.05) is 60.2 Å². The van der Waals surface area contributed by atoms with Gasteiger partial charge < -0.3 is 14.8 Å². The number of nitrogens with zero attached hydrogens (tertiary/aromatic N) is 4. The van der Waals surface area contributed by atoms with Gasteiger partial charge in [-0.05, 0) is 37.6 Å². The average molecular weight is 482 g/mol. The molecule has 2 aromatic heterocycles. The molecule has 1 amide bonds. The third-order valence-corrected chi connectivity index (χ3v) is 6.61. The number of para-hydroxylation sites is 1. The Morgan fingerprint density at radius 3 is 2.70 bits per heavy atom. The highest BCUT2D eigenvalue weighted by Crippen LogP contribution is 2.35. The van der Waals surface area contributed by atoms with Crippen LogP contribution in [-0.2, 0) is 4.79 Å². The van der Waals surface area contributed by atoms with Gasteiger partial charge in [-0.15, -0.1) is 21.5 Å². The van der Waals surface area contributed by atoms with E-state index in [0.29, 0.717) is 21.8 Å². The lowest BCUT2D eigenvalue weighted by atomic mass is 10.1. The highest BCUT2D eigenvalue weighted by molar-refractivity contribution is 7.99. The van der Waals surface area contributed by atoms with Crippen LogP contribution in [0.4, 0.5) is 5.13 Å². The van der Waals surface area contributed by atoms with Crippen LogP contribution in [0.5, 0.6) is 11.5 Å². The average Bonchev–Trinajstić information content (AvgIpc) is 3.44. The van der Waals surface area contributed by atoms with Crippen LogP contribution in [-0.4, -0.2) is 45.6 Å². The fourth-order valence-electron chi connectivity index (χ4n) is 3.28. The van der Waals surface area contributed by atoms with E-state index < -0.39 is 0 Å². The molecule has 0 saturated heterocycles. The Morgan fingerprint density at radius 2 is 1.94 bits per heavy atom. The predicted molar refractivity (Wildman–Crippen MR) is 131 cm³/mol. The number of thiazole rings is 1. The molecule has 0 aliphatic rings. The van der Waals surface area contributed by atoms with E-state index in [0.717, 1.165) is 28.3 Å². The smallest absolute Gasteiger partial charge is 0.236 e. The van der Waals surface area contributed by atoms with Gasteiger partial charge >= 0.3 is 0 Å². The van der Waals surface area contributed by atoms with Crippen LogP contribution < -0.4 is 14.8 Å². The Hall–Kier alpha value is -3.37. The van der Waals surface area contributed by atoms with Crippen molar-refractivity contribution in [1.29, 1.82) is 0 Å². The number of aromatic nitrogens is 4. The largest absolute Gasteiger partial charge is 0.497 e. The molecular formula is C23H23N5O3S2. The third kappa shape index (κ3) is 5.01. The minimum Gasteiger partial charge on any atom is -0.497 e. The molecule has 2 aromatic carbocycles. The second kappa shape index (κ2) is 10.1. The van der Waals surface area contributed by atoms with Crippen molar-refractivity contribution in [2.75, 3.05) is 25.3 Å². The Morgan fingerprint density at radius 1 is 1.12 bits per heavy atom. The summed E-state index contributed by atoms with van der Waals surface area (Å²) in [5.41, 5.74) is 3.65. The summed E-state index contributed by atoms with van der Waals surface area (Å²) >= 11 is 2.69. The van der Waals surface area contributed by atoms with Gasteiger partial charge in [0, 0.05) is 17.0 Å². The van der Waals surface area contributed by atoms with Crippen LogP contribution in [0.2, 0.25) is 0 Å². The topological polar surface area (TPSA) is 91.2 Å². The van der Waals surface area contributed by atoms with Gasteiger partial charge in [0.05, 0.1) is 31.4 Å². The monoisotopic (exact) mass is 481 g/mol. The lowest BCUT2D eigenvalue weighted by molar-refractivity contribution is -0.113. The SMILES string of the molecule is COc1ccc(-c2csc(NC(=O)CSc3nnc(C)n3-c3ccccc3C)n2)c(OC)c1. The number of benzene rings is 2. The normalized spacial score (nSPS) is 10.8. The van der Waals surface area contributed by atoms with E-state index in [4.69, 9.17) is 9.47 Å². The molecule has 33 heavy (non-hydrogen) atoms. The Bertz CT molecular complexity index is 1280. The van der Waals surface area contributed by atoms with Crippen LogP contribution in [0.15, 0.2) is 53.0 Å². The summed E-state index contributed by atoms with van der Waals surface area (Å²) < 4.78 is 12.7. The minimum atomic E-state index is -0.167. The Labute approximate surface area is 200 Å². The molecule has 0 unspecified atom stereocenters. The summed E-state index contributed by atoms with van der Waals surface area (Å²) in [6.45, 7) is 3.93. The number of hydrogen-bond acceptors (Lipinski definition) is 8. The van der Waals surface area contributed by atoms with Gasteiger partial charge in [0.2, 0.25) is 5.91 Å². The molecule has 0 aliphatic carbocycles. The van der Waals surface area contributed by atoms with Crippen LogP contribution >= 0.6 is 23.1 Å². The van der Waals surface area contributed by atoms with Gasteiger partial charge in [-0.1, -0.05) is 30.0 Å². The minimum absolute atomic E-state index is 0.167. The number of thioether (sulfide) groups is 1. The molecule has 0 aliphatic heterocycles. The number of anilines is 1. The molecule has 10 heteroatoms. The molecule has 170 valence electrons. The van der Waals surface area contributed by atoms with Crippen LogP contribution in [0, 0.1) is 13.8 Å².